The first-order valence-electron chi connectivity index (χ1n) is 6.21. The van der Waals surface area contributed by atoms with E-state index in [0.29, 0.717) is 18.8 Å². The van der Waals surface area contributed by atoms with Crippen LogP contribution in [0.15, 0.2) is 24.3 Å². The van der Waals surface area contributed by atoms with Gasteiger partial charge in [-0.2, -0.15) is 0 Å². The van der Waals surface area contributed by atoms with Crippen LogP contribution in [0, 0.1) is 0 Å². The van der Waals surface area contributed by atoms with Gasteiger partial charge in [0.2, 0.25) is 0 Å². The van der Waals surface area contributed by atoms with Crippen molar-refractivity contribution in [2.75, 3.05) is 13.7 Å². The summed E-state index contributed by atoms with van der Waals surface area (Å²) in [4.78, 5) is 0. The predicted molar refractivity (Wildman–Crippen MR) is 67.8 cm³/mol. The first kappa shape index (κ1) is 12.6. The van der Waals surface area contributed by atoms with Gasteiger partial charge in [-0.15, -0.1) is 0 Å². The summed E-state index contributed by atoms with van der Waals surface area (Å²) in [7, 11) is 1.72. The lowest BCUT2D eigenvalue weighted by Crippen LogP contribution is -2.34. The van der Waals surface area contributed by atoms with E-state index in [9.17, 15) is 0 Å². The summed E-state index contributed by atoms with van der Waals surface area (Å²) in [6.07, 6.45) is 1.45. The van der Waals surface area contributed by atoms with Crippen LogP contribution < -0.4 is 5.32 Å². The lowest BCUT2D eigenvalue weighted by Gasteiger charge is -2.16. The monoisotopic (exact) mass is 235 g/mol. The van der Waals surface area contributed by atoms with E-state index in [0.717, 1.165) is 19.6 Å². The molecule has 0 radical (unpaired) electrons. The molecule has 1 aliphatic heterocycles. The Labute approximate surface area is 103 Å². The highest BCUT2D eigenvalue weighted by atomic mass is 16.5. The minimum atomic E-state index is 0.336. The van der Waals surface area contributed by atoms with E-state index in [1.165, 1.54) is 11.1 Å². The normalized spacial score (nSPS) is 24.1. The summed E-state index contributed by atoms with van der Waals surface area (Å²) >= 11 is 0. The average Bonchev–Trinajstić information content (AvgIpc) is 2.75. The van der Waals surface area contributed by atoms with Gasteiger partial charge < -0.3 is 14.8 Å². The molecule has 94 valence electrons. The third-order valence-electron chi connectivity index (χ3n) is 3.28. The Kier molecular flexibility index (Phi) is 4.54. The molecule has 0 spiro atoms. The second-order valence-electron chi connectivity index (χ2n) is 4.60. The second-order valence-corrected chi connectivity index (χ2v) is 4.60. The maximum Gasteiger partial charge on any atom is 0.0713 e. The topological polar surface area (TPSA) is 30.5 Å². The van der Waals surface area contributed by atoms with Crippen LogP contribution in [-0.4, -0.2) is 25.9 Å². The van der Waals surface area contributed by atoms with Crippen molar-refractivity contribution in [1.82, 2.24) is 5.32 Å². The van der Waals surface area contributed by atoms with E-state index in [2.05, 4.69) is 36.5 Å². The maximum atomic E-state index is 5.53. The van der Waals surface area contributed by atoms with E-state index in [1.54, 1.807) is 7.11 Å². The molecule has 2 rings (SSSR count). The lowest BCUT2D eigenvalue weighted by molar-refractivity contribution is 0.113. The third kappa shape index (κ3) is 3.53. The maximum absolute atomic E-state index is 5.53. The molecule has 0 aromatic heterocycles. The van der Waals surface area contributed by atoms with Crippen LogP contribution in [0.3, 0.4) is 0 Å². The third-order valence-corrected chi connectivity index (χ3v) is 3.28. The van der Waals surface area contributed by atoms with Gasteiger partial charge in [-0.05, 0) is 24.5 Å². The highest BCUT2D eigenvalue weighted by Gasteiger charge is 2.23. The SMILES string of the molecule is COCc1ccc(CNC2CCOC2C)cc1. The number of nitrogens with one attached hydrogen (secondary N) is 1. The van der Waals surface area contributed by atoms with Gasteiger partial charge in [0.05, 0.1) is 12.7 Å². The van der Waals surface area contributed by atoms with E-state index >= 15 is 0 Å². The van der Waals surface area contributed by atoms with Crippen molar-refractivity contribution < 1.29 is 9.47 Å². The Morgan fingerprint density at radius 1 is 1.29 bits per heavy atom. The summed E-state index contributed by atoms with van der Waals surface area (Å²) in [6.45, 7) is 4.60. The van der Waals surface area contributed by atoms with Crippen LogP contribution in [-0.2, 0) is 22.6 Å². The molecule has 0 aliphatic carbocycles. The fourth-order valence-corrected chi connectivity index (χ4v) is 2.17. The Morgan fingerprint density at radius 3 is 2.59 bits per heavy atom. The van der Waals surface area contributed by atoms with Crippen molar-refractivity contribution in [3.63, 3.8) is 0 Å². The Morgan fingerprint density at radius 2 is 2.00 bits per heavy atom. The van der Waals surface area contributed by atoms with Crippen LogP contribution in [0.5, 0.6) is 0 Å². The zero-order valence-corrected chi connectivity index (χ0v) is 10.6. The second kappa shape index (κ2) is 6.15. The molecular weight excluding hydrogens is 214 g/mol. The predicted octanol–water partition coefficient (Wildman–Crippen LogP) is 2.10. The van der Waals surface area contributed by atoms with Gasteiger partial charge in [-0.1, -0.05) is 24.3 Å². The van der Waals surface area contributed by atoms with E-state index < -0.39 is 0 Å². The van der Waals surface area contributed by atoms with Gasteiger partial charge in [0.1, 0.15) is 0 Å². The molecule has 2 atom stereocenters. The minimum Gasteiger partial charge on any atom is -0.380 e. The fraction of sp³-hybridized carbons (Fsp3) is 0.571. The van der Waals surface area contributed by atoms with Crippen molar-refractivity contribution in [2.24, 2.45) is 0 Å². The van der Waals surface area contributed by atoms with Crippen molar-refractivity contribution in [3.8, 4) is 0 Å². The smallest absolute Gasteiger partial charge is 0.0713 e. The van der Waals surface area contributed by atoms with Crippen molar-refractivity contribution in [3.05, 3.63) is 35.4 Å². The first-order chi connectivity index (χ1) is 8.29. The van der Waals surface area contributed by atoms with Crippen LogP contribution in [0.1, 0.15) is 24.5 Å². The zero-order valence-electron chi connectivity index (χ0n) is 10.6. The first-order valence-corrected chi connectivity index (χ1v) is 6.21. The molecule has 0 bridgehead atoms. The fourth-order valence-electron chi connectivity index (χ4n) is 2.17. The van der Waals surface area contributed by atoms with Crippen LogP contribution in [0.2, 0.25) is 0 Å². The minimum absolute atomic E-state index is 0.336. The van der Waals surface area contributed by atoms with Crippen molar-refractivity contribution >= 4 is 0 Å². The number of rotatable bonds is 5. The molecule has 1 aliphatic rings. The van der Waals surface area contributed by atoms with Crippen LogP contribution in [0.4, 0.5) is 0 Å². The zero-order chi connectivity index (χ0) is 12.1. The summed E-state index contributed by atoms with van der Waals surface area (Å²) in [6, 6.07) is 9.04. The van der Waals surface area contributed by atoms with Gasteiger partial charge >= 0.3 is 0 Å². The molecule has 17 heavy (non-hydrogen) atoms. The number of benzene rings is 1. The van der Waals surface area contributed by atoms with Gasteiger partial charge in [0, 0.05) is 26.3 Å². The molecule has 2 unspecified atom stereocenters. The molecule has 1 aromatic rings. The van der Waals surface area contributed by atoms with E-state index in [1.807, 2.05) is 0 Å². The Balaban J connectivity index is 1.82. The van der Waals surface area contributed by atoms with Gasteiger partial charge in [-0.3, -0.25) is 0 Å². The molecule has 1 fully saturated rings. The molecule has 3 heteroatoms. The molecule has 3 nitrogen and oxygen atoms in total. The molecule has 0 amide bonds. The number of hydrogen-bond donors (Lipinski definition) is 1. The molecule has 1 saturated heterocycles. The van der Waals surface area contributed by atoms with Crippen molar-refractivity contribution in [2.45, 2.75) is 38.6 Å². The quantitative estimate of drug-likeness (QED) is 0.848. The molecule has 1 heterocycles. The molecule has 1 aromatic carbocycles. The Bertz CT molecular complexity index is 337. The summed E-state index contributed by atoms with van der Waals surface area (Å²) in [5, 5.41) is 3.54. The van der Waals surface area contributed by atoms with Crippen molar-refractivity contribution in [1.29, 1.82) is 0 Å². The molecule has 1 N–H and O–H groups in total. The molecular formula is C14H21NO2. The van der Waals surface area contributed by atoms with E-state index in [4.69, 9.17) is 9.47 Å². The Hall–Kier alpha value is -0.900. The number of methoxy groups -OCH3 is 1. The van der Waals surface area contributed by atoms with Gasteiger partial charge in [-0.25, -0.2) is 0 Å². The summed E-state index contributed by atoms with van der Waals surface area (Å²) < 4.78 is 10.6. The van der Waals surface area contributed by atoms with E-state index in [-0.39, 0.29) is 0 Å². The van der Waals surface area contributed by atoms with Crippen LogP contribution in [0.25, 0.3) is 0 Å². The van der Waals surface area contributed by atoms with Gasteiger partial charge in [0.25, 0.3) is 0 Å². The lowest BCUT2D eigenvalue weighted by atomic mass is 10.1. The highest BCUT2D eigenvalue weighted by molar-refractivity contribution is 5.22. The highest BCUT2D eigenvalue weighted by Crippen LogP contribution is 2.13. The summed E-state index contributed by atoms with van der Waals surface area (Å²) in [5.41, 5.74) is 2.53. The molecule has 0 saturated carbocycles. The standard InChI is InChI=1S/C14H21NO2/c1-11-14(7-8-17-11)15-9-12-3-5-13(6-4-12)10-16-2/h3-6,11,14-15H,7-10H2,1-2H3. The van der Waals surface area contributed by atoms with Gasteiger partial charge in [0.15, 0.2) is 0 Å². The van der Waals surface area contributed by atoms with Crippen LogP contribution >= 0.6 is 0 Å². The number of hydrogen-bond acceptors (Lipinski definition) is 3. The largest absolute Gasteiger partial charge is 0.380 e. The summed E-state index contributed by atoms with van der Waals surface area (Å²) in [5.74, 6) is 0. The average molecular weight is 235 g/mol. The number of ether oxygens (including phenoxy) is 2.